The summed E-state index contributed by atoms with van der Waals surface area (Å²) in [7, 11) is 3.18. The monoisotopic (exact) mass is 266 g/mol. The fraction of sp³-hybridized carbons (Fsp3) is 0.571. The van der Waals surface area contributed by atoms with Gasteiger partial charge in [-0.2, -0.15) is 0 Å². The minimum Gasteiger partial charge on any atom is -0.504 e. The average Bonchev–Trinajstić information content (AvgIpc) is 2.46. The Labute approximate surface area is 114 Å². The summed E-state index contributed by atoms with van der Waals surface area (Å²) in [6, 6.07) is 3.47. The van der Waals surface area contributed by atoms with Crippen LogP contribution in [0.5, 0.6) is 17.2 Å². The van der Waals surface area contributed by atoms with Crippen LogP contribution in [0.1, 0.15) is 5.56 Å². The van der Waals surface area contributed by atoms with Crippen LogP contribution in [0.15, 0.2) is 12.1 Å². The molecular formula is C14H22N2O3. The summed E-state index contributed by atoms with van der Waals surface area (Å²) in [6.45, 7) is 5.22. The Hall–Kier alpha value is -1.46. The van der Waals surface area contributed by atoms with Crippen LogP contribution in [0.3, 0.4) is 0 Å². The van der Waals surface area contributed by atoms with E-state index in [1.807, 2.05) is 0 Å². The Bertz CT molecular complexity index is 417. The first-order valence-electron chi connectivity index (χ1n) is 6.61. The van der Waals surface area contributed by atoms with Gasteiger partial charge in [0, 0.05) is 38.8 Å². The second-order valence-electron chi connectivity index (χ2n) is 4.68. The zero-order valence-corrected chi connectivity index (χ0v) is 11.6. The van der Waals surface area contributed by atoms with Gasteiger partial charge in [-0.1, -0.05) is 0 Å². The molecule has 1 aliphatic heterocycles. The molecule has 1 aromatic rings. The van der Waals surface area contributed by atoms with Crippen LogP contribution < -0.4 is 14.8 Å². The van der Waals surface area contributed by atoms with Gasteiger partial charge in [0.05, 0.1) is 14.2 Å². The molecule has 1 aliphatic rings. The highest BCUT2D eigenvalue weighted by Gasteiger charge is 2.13. The highest BCUT2D eigenvalue weighted by molar-refractivity contribution is 5.50. The van der Waals surface area contributed by atoms with E-state index in [4.69, 9.17) is 9.47 Å². The molecule has 1 fully saturated rings. The van der Waals surface area contributed by atoms with Crippen LogP contribution in [-0.4, -0.2) is 56.9 Å². The molecule has 2 rings (SSSR count). The van der Waals surface area contributed by atoms with E-state index >= 15 is 0 Å². The summed E-state index contributed by atoms with van der Waals surface area (Å²) in [5.41, 5.74) is 1.01. The van der Waals surface area contributed by atoms with Crippen molar-refractivity contribution in [2.45, 2.75) is 6.42 Å². The predicted molar refractivity (Wildman–Crippen MR) is 74.2 cm³/mol. The van der Waals surface area contributed by atoms with Crippen LogP contribution in [0.2, 0.25) is 0 Å². The second-order valence-corrected chi connectivity index (χ2v) is 4.68. The van der Waals surface area contributed by atoms with Gasteiger partial charge in [0.2, 0.25) is 0 Å². The molecule has 0 bridgehead atoms. The molecule has 0 spiro atoms. The van der Waals surface area contributed by atoms with E-state index in [9.17, 15) is 5.11 Å². The van der Waals surface area contributed by atoms with E-state index in [2.05, 4.69) is 10.2 Å². The van der Waals surface area contributed by atoms with Crippen molar-refractivity contribution in [1.82, 2.24) is 10.2 Å². The number of phenols is 1. The van der Waals surface area contributed by atoms with Gasteiger partial charge in [0.1, 0.15) is 5.75 Å². The Morgan fingerprint density at radius 1 is 1.16 bits per heavy atom. The Kier molecular flexibility index (Phi) is 4.87. The highest BCUT2D eigenvalue weighted by atomic mass is 16.5. The number of piperazine rings is 1. The molecule has 5 heteroatoms. The van der Waals surface area contributed by atoms with Gasteiger partial charge in [0.25, 0.3) is 0 Å². The topological polar surface area (TPSA) is 54.0 Å². The van der Waals surface area contributed by atoms with Crippen molar-refractivity contribution < 1.29 is 14.6 Å². The van der Waals surface area contributed by atoms with Crippen LogP contribution in [0, 0.1) is 0 Å². The van der Waals surface area contributed by atoms with Crippen molar-refractivity contribution in [1.29, 1.82) is 0 Å². The fourth-order valence-corrected chi connectivity index (χ4v) is 2.36. The minimum atomic E-state index is 0.165. The maximum Gasteiger partial charge on any atom is 0.164 e. The summed E-state index contributed by atoms with van der Waals surface area (Å²) in [5.74, 6) is 1.38. The van der Waals surface area contributed by atoms with E-state index in [0.29, 0.717) is 5.75 Å². The maximum absolute atomic E-state index is 9.84. The molecule has 106 valence electrons. The van der Waals surface area contributed by atoms with Crippen molar-refractivity contribution in [3.05, 3.63) is 17.7 Å². The Morgan fingerprint density at radius 2 is 1.84 bits per heavy atom. The van der Waals surface area contributed by atoms with Gasteiger partial charge in [-0.15, -0.1) is 0 Å². The fourth-order valence-electron chi connectivity index (χ4n) is 2.36. The molecule has 0 unspecified atom stereocenters. The third kappa shape index (κ3) is 3.52. The lowest BCUT2D eigenvalue weighted by atomic mass is 10.1. The molecule has 0 radical (unpaired) electrons. The van der Waals surface area contributed by atoms with Gasteiger partial charge in [0.15, 0.2) is 11.5 Å². The number of hydrogen-bond donors (Lipinski definition) is 2. The molecule has 1 heterocycles. The smallest absolute Gasteiger partial charge is 0.164 e. The van der Waals surface area contributed by atoms with Crippen LogP contribution >= 0.6 is 0 Å². The SMILES string of the molecule is COc1cc(OC)c(CCN2CCNCC2)cc1O. The molecule has 19 heavy (non-hydrogen) atoms. The third-order valence-corrected chi connectivity index (χ3v) is 3.49. The van der Waals surface area contributed by atoms with Crippen molar-refractivity contribution in [2.24, 2.45) is 0 Å². The number of nitrogens with one attached hydrogen (secondary N) is 1. The van der Waals surface area contributed by atoms with E-state index in [1.54, 1.807) is 19.2 Å². The largest absolute Gasteiger partial charge is 0.504 e. The molecular weight excluding hydrogens is 244 g/mol. The Balaban J connectivity index is 2.04. The normalized spacial score (nSPS) is 16.3. The lowest BCUT2D eigenvalue weighted by molar-refractivity contribution is 0.243. The van der Waals surface area contributed by atoms with E-state index in [1.165, 1.54) is 7.11 Å². The van der Waals surface area contributed by atoms with E-state index in [-0.39, 0.29) is 5.75 Å². The number of methoxy groups -OCH3 is 2. The summed E-state index contributed by atoms with van der Waals surface area (Å²) >= 11 is 0. The van der Waals surface area contributed by atoms with E-state index < -0.39 is 0 Å². The second kappa shape index (κ2) is 6.63. The third-order valence-electron chi connectivity index (χ3n) is 3.49. The van der Waals surface area contributed by atoms with Gasteiger partial charge in [-0.25, -0.2) is 0 Å². The number of phenolic OH excluding ortho intramolecular Hbond substituents is 1. The summed E-state index contributed by atoms with van der Waals surface area (Å²) < 4.78 is 10.4. The molecule has 2 N–H and O–H groups in total. The molecule has 1 aromatic carbocycles. The first kappa shape index (κ1) is 14.0. The van der Waals surface area contributed by atoms with Crippen LogP contribution in [-0.2, 0) is 6.42 Å². The zero-order chi connectivity index (χ0) is 13.7. The number of aromatic hydroxyl groups is 1. The van der Waals surface area contributed by atoms with Gasteiger partial charge in [-0.3, -0.25) is 0 Å². The van der Waals surface area contributed by atoms with Gasteiger partial charge >= 0.3 is 0 Å². The standard InChI is InChI=1S/C14H22N2O3/c1-18-13-10-14(19-2)12(17)9-11(13)3-6-16-7-4-15-5-8-16/h9-10,15,17H,3-8H2,1-2H3. The molecule has 0 saturated carbocycles. The zero-order valence-electron chi connectivity index (χ0n) is 11.6. The number of nitrogens with zero attached hydrogens (tertiary/aromatic N) is 1. The van der Waals surface area contributed by atoms with Crippen LogP contribution in [0.25, 0.3) is 0 Å². The number of ether oxygens (including phenoxy) is 2. The molecule has 0 amide bonds. The van der Waals surface area contributed by atoms with Gasteiger partial charge in [-0.05, 0) is 18.1 Å². The maximum atomic E-state index is 9.84. The molecule has 0 aromatic heterocycles. The summed E-state index contributed by atoms with van der Waals surface area (Å²) in [5, 5.41) is 13.2. The lowest BCUT2D eigenvalue weighted by Crippen LogP contribution is -2.44. The lowest BCUT2D eigenvalue weighted by Gasteiger charge is -2.27. The van der Waals surface area contributed by atoms with E-state index in [0.717, 1.165) is 50.5 Å². The van der Waals surface area contributed by atoms with Gasteiger partial charge < -0.3 is 24.8 Å². The average molecular weight is 266 g/mol. The first-order valence-corrected chi connectivity index (χ1v) is 6.61. The van der Waals surface area contributed by atoms with Crippen molar-refractivity contribution >= 4 is 0 Å². The summed E-state index contributed by atoms with van der Waals surface area (Å²) in [4.78, 5) is 2.41. The minimum absolute atomic E-state index is 0.165. The molecule has 5 nitrogen and oxygen atoms in total. The molecule has 0 atom stereocenters. The number of hydrogen-bond acceptors (Lipinski definition) is 5. The van der Waals surface area contributed by atoms with Crippen LogP contribution in [0.4, 0.5) is 0 Å². The molecule has 0 aliphatic carbocycles. The Morgan fingerprint density at radius 3 is 2.47 bits per heavy atom. The van der Waals surface area contributed by atoms with Crippen molar-refractivity contribution in [3.8, 4) is 17.2 Å². The summed E-state index contributed by atoms with van der Waals surface area (Å²) in [6.07, 6.45) is 0.862. The first-order chi connectivity index (χ1) is 9.24. The highest BCUT2D eigenvalue weighted by Crippen LogP contribution is 2.33. The quantitative estimate of drug-likeness (QED) is 0.828. The van der Waals surface area contributed by atoms with Crippen molar-refractivity contribution in [3.63, 3.8) is 0 Å². The molecule has 1 saturated heterocycles. The number of benzene rings is 1. The number of rotatable bonds is 5. The van der Waals surface area contributed by atoms with Crippen molar-refractivity contribution in [2.75, 3.05) is 46.9 Å². The predicted octanol–water partition coefficient (Wildman–Crippen LogP) is 0.857.